The van der Waals surface area contributed by atoms with Gasteiger partial charge in [-0.1, -0.05) is 76.1 Å². The van der Waals surface area contributed by atoms with Gasteiger partial charge in [0.2, 0.25) is 5.91 Å². The minimum Gasteiger partial charge on any atom is -0.378 e. The van der Waals surface area contributed by atoms with Gasteiger partial charge in [-0.15, -0.1) is 0 Å². The molecule has 0 atom stereocenters. The fourth-order valence-electron chi connectivity index (χ4n) is 5.50. The lowest BCUT2D eigenvalue weighted by molar-refractivity contribution is -0.132. The Morgan fingerprint density at radius 3 is 2.19 bits per heavy atom. The Morgan fingerprint density at radius 1 is 0.814 bits per heavy atom. The summed E-state index contributed by atoms with van der Waals surface area (Å²) in [6, 6.07) is 24.5. The van der Waals surface area contributed by atoms with Gasteiger partial charge in [-0.3, -0.25) is 9.59 Å². The fourth-order valence-corrected chi connectivity index (χ4v) is 5.50. The molecule has 0 aliphatic rings. The van der Waals surface area contributed by atoms with Crippen molar-refractivity contribution in [3.63, 3.8) is 0 Å². The summed E-state index contributed by atoms with van der Waals surface area (Å²) in [5.74, 6) is 0.110. The van der Waals surface area contributed by atoms with Gasteiger partial charge in [0.1, 0.15) is 6.54 Å². The van der Waals surface area contributed by atoms with Gasteiger partial charge >= 0.3 is 0 Å². The van der Waals surface area contributed by atoms with Crippen LogP contribution in [0.4, 0.5) is 5.69 Å². The van der Waals surface area contributed by atoms with E-state index < -0.39 is 0 Å². The third kappa shape index (κ3) is 8.96. The number of carbonyl (C=O) groups excluding carboxylic acids is 2. The number of benzene rings is 3. The van der Waals surface area contributed by atoms with Gasteiger partial charge in [0.15, 0.2) is 0 Å². The van der Waals surface area contributed by atoms with Gasteiger partial charge in [0, 0.05) is 62.1 Å². The topological polar surface area (TPSA) is 59.7 Å². The molecule has 0 unspecified atom stereocenters. The van der Waals surface area contributed by atoms with Gasteiger partial charge in [0.05, 0.1) is 0 Å². The Balaban J connectivity index is 1.52. The van der Waals surface area contributed by atoms with Gasteiger partial charge in [-0.2, -0.15) is 0 Å². The number of amides is 2. The number of carbonyl (C=O) groups is 2. The Labute approximate surface area is 257 Å². The van der Waals surface area contributed by atoms with E-state index in [4.69, 9.17) is 0 Å². The number of fused-ring (bicyclic) bond motifs is 1. The van der Waals surface area contributed by atoms with Gasteiger partial charge in [-0.05, 0) is 72.2 Å². The second kappa shape index (κ2) is 15.4. The number of anilines is 1. The lowest BCUT2D eigenvalue weighted by atomic mass is 10.0. The van der Waals surface area contributed by atoms with Crippen LogP contribution >= 0.6 is 0 Å². The smallest absolute Gasteiger partial charge is 0.254 e. The van der Waals surface area contributed by atoms with E-state index in [0.29, 0.717) is 25.2 Å². The predicted molar refractivity (Wildman–Crippen MR) is 179 cm³/mol. The van der Waals surface area contributed by atoms with Crippen molar-refractivity contribution in [2.45, 2.75) is 59.4 Å². The number of hydrogen-bond donors (Lipinski definition) is 1. The lowest BCUT2D eigenvalue weighted by Crippen LogP contribution is -2.44. The van der Waals surface area contributed by atoms with E-state index in [1.165, 1.54) is 29.4 Å². The second-order valence-corrected chi connectivity index (χ2v) is 12.2. The van der Waals surface area contributed by atoms with Crippen molar-refractivity contribution in [1.82, 2.24) is 14.8 Å². The highest BCUT2D eigenvalue weighted by molar-refractivity contribution is 5.96. The summed E-state index contributed by atoms with van der Waals surface area (Å²) in [6.45, 7) is 8.01. The summed E-state index contributed by atoms with van der Waals surface area (Å²) in [5, 5.41) is 1.18. The van der Waals surface area contributed by atoms with Crippen LogP contribution in [0.2, 0.25) is 0 Å². The van der Waals surface area contributed by atoms with Crippen LogP contribution in [0.25, 0.3) is 10.9 Å². The maximum absolute atomic E-state index is 14.0. The minimum absolute atomic E-state index is 0.0401. The Bertz CT molecular complexity index is 1450. The highest BCUT2D eigenvalue weighted by Crippen LogP contribution is 2.20. The number of unbranched alkanes of at least 4 members (excludes halogenated alkanes) is 2. The Hall–Kier alpha value is -4.06. The van der Waals surface area contributed by atoms with Crippen LogP contribution in [0.5, 0.6) is 0 Å². The summed E-state index contributed by atoms with van der Waals surface area (Å²) in [4.78, 5) is 36.8. The molecule has 0 fully saturated rings. The third-order valence-corrected chi connectivity index (χ3v) is 7.97. The maximum atomic E-state index is 14.0. The van der Waals surface area contributed by atoms with E-state index in [1.807, 2.05) is 49.5 Å². The van der Waals surface area contributed by atoms with Gasteiger partial charge in [0.25, 0.3) is 5.91 Å². The summed E-state index contributed by atoms with van der Waals surface area (Å²) < 4.78 is 0. The molecule has 6 nitrogen and oxygen atoms in total. The molecule has 228 valence electrons. The molecule has 6 heteroatoms. The molecule has 2 amide bonds. The number of rotatable bonds is 15. The molecule has 0 aliphatic heterocycles. The second-order valence-electron chi connectivity index (χ2n) is 12.2. The van der Waals surface area contributed by atoms with Crippen LogP contribution in [0, 0.1) is 5.92 Å². The lowest BCUT2D eigenvalue weighted by Gasteiger charge is -2.29. The average Bonchev–Trinajstić information content (AvgIpc) is 3.42. The monoisotopic (exact) mass is 580 g/mol. The molecule has 1 N–H and O–H groups in total. The van der Waals surface area contributed by atoms with Crippen LogP contribution in [0.3, 0.4) is 0 Å². The fraction of sp³-hybridized carbons (Fsp3) is 0.405. The van der Waals surface area contributed by atoms with Crippen molar-refractivity contribution in [3.8, 4) is 0 Å². The van der Waals surface area contributed by atoms with Gasteiger partial charge < -0.3 is 19.7 Å². The molecule has 0 radical (unpaired) electrons. The number of para-hydroxylation sites is 1. The molecule has 0 aliphatic carbocycles. The minimum atomic E-state index is -0.0888. The number of hydrogen-bond acceptors (Lipinski definition) is 3. The zero-order valence-electron chi connectivity index (χ0n) is 26.6. The maximum Gasteiger partial charge on any atom is 0.254 e. The molecule has 1 aromatic heterocycles. The van der Waals surface area contributed by atoms with E-state index >= 15 is 0 Å². The van der Waals surface area contributed by atoms with Crippen molar-refractivity contribution in [2.24, 2.45) is 5.92 Å². The first kappa shape index (κ1) is 31.9. The van der Waals surface area contributed by atoms with Crippen molar-refractivity contribution >= 4 is 28.4 Å². The summed E-state index contributed by atoms with van der Waals surface area (Å²) in [5.41, 5.74) is 6.35. The number of nitrogens with zero attached hydrogens (tertiary/aromatic N) is 3. The molecule has 3 aromatic carbocycles. The Morgan fingerprint density at radius 2 is 1.51 bits per heavy atom. The highest BCUT2D eigenvalue weighted by atomic mass is 16.2. The molecule has 1 heterocycles. The van der Waals surface area contributed by atoms with Gasteiger partial charge in [-0.25, -0.2) is 0 Å². The summed E-state index contributed by atoms with van der Waals surface area (Å²) >= 11 is 0. The van der Waals surface area contributed by atoms with Crippen molar-refractivity contribution in [2.75, 3.05) is 38.6 Å². The summed E-state index contributed by atoms with van der Waals surface area (Å²) in [7, 11) is 4.04. The van der Waals surface area contributed by atoms with Crippen LogP contribution in [0.15, 0.2) is 79.0 Å². The molecule has 0 saturated heterocycles. The molecule has 4 rings (SSSR count). The SMILES string of the molecule is CCCCCc1ccc(C(=O)N(CC(=O)N(CCc2c[nH]c3ccccc23)Cc2ccc(N(C)C)cc2)CC(C)C)cc1. The zero-order valence-corrected chi connectivity index (χ0v) is 26.6. The van der Waals surface area contributed by atoms with E-state index in [2.05, 4.69) is 79.2 Å². The van der Waals surface area contributed by atoms with Crippen molar-refractivity contribution in [1.29, 1.82) is 0 Å². The largest absolute Gasteiger partial charge is 0.378 e. The number of nitrogens with one attached hydrogen (secondary N) is 1. The number of aryl methyl sites for hydroxylation is 1. The van der Waals surface area contributed by atoms with E-state index in [0.717, 1.165) is 36.0 Å². The standard InChI is InChI=1S/C37H48N4O2/c1-6-7-8-11-29-14-18-31(19-15-29)37(43)41(25-28(2)3)27-36(42)40(26-30-16-20-33(21-17-30)39(4)5)23-22-32-24-38-35-13-10-9-12-34(32)35/h9-10,12-21,24,28,38H,6-8,11,22-23,25-27H2,1-5H3. The van der Waals surface area contributed by atoms with E-state index in [1.54, 1.807) is 4.90 Å². The van der Waals surface area contributed by atoms with Crippen LogP contribution < -0.4 is 4.90 Å². The Kier molecular flexibility index (Phi) is 11.4. The predicted octanol–water partition coefficient (Wildman–Crippen LogP) is 7.34. The van der Waals surface area contributed by atoms with Crippen LogP contribution in [0.1, 0.15) is 67.1 Å². The van der Waals surface area contributed by atoms with Crippen molar-refractivity contribution < 1.29 is 9.59 Å². The molecule has 4 aromatic rings. The number of H-pyrrole nitrogens is 1. The van der Waals surface area contributed by atoms with Crippen LogP contribution in [-0.4, -0.2) is 60.3 Å². The quantitative estimate of drug-likeness (QED) is 0.150. The molecule has 0 spiro atoms. The highest BCUT2D eigenvalue weighted by Gasteiger charge is 2.24. The molecule has 0 bridgehead atoms. The molecule has 43 heavy (non-hydrogen) atoms. The average molecular weight is 581 g/mol. The first-order valence-corrected chi connectivity index (χ1v) is 15.7. The zero-order chi connectivity index (χ0) is 30.8. The summed E-state index contributed by atoms with van der Waals surface area (Å²) in [6.07, 6.45) is 7.35. The number of aromatic amines is 1. The van der Waals surface area contributed by atoms with E-state index in [9.17, 15) is 9.59 Å². The first-order chi connectivity index (χ1) is 20.7. The van der Waals surface area contributed by atoms with E-state index in [-0.39, 0.29) is 24.3 Å². The normalized spacial score (nSPS) is 11.2. The van der Waals surface area contributed by atoms with Crippen LogP contribution in [-0.2, 0) is 24.2 Å². The number of aromatic nitrogens is 1. The third-order valence-electron chi connectivity index (χ3n) is 7.97. The molecular formula is C37H48N4O2. The first-order valence-electron chi connectivity index (χ1n) is 15.7. The molecule has 0 saturated carbocycles. The van der Waals surface area contributed by atoms with Crippen molar-refractivity contribution in [3.05, 3.63) is 101 Å². The molecular weight excluding hydrogens is 532 g/mol.